The van der Waals surface area contributed by atoms with E-state index in [1.807, 2.05) is 0 Å². The Morgan fingerprint density at radius 1 is 1.62 bits per heavy atom. The molecular formula is C6H11O2. The van der Waals surface area contributed by atoms with Crippen molar-refractivity contribution in [3.8, 4) is 0 Å². The molecule has 2 nitrogen and oxygen atoms in total. The summed E-state index contributed by atoms with van der Waals surface area (Å²) in [6.45, 7) is 4.53. The van der Waals surface area contributed by atoms with Gasteiger partial charge in [-0.2, -0.15) is 0 Å². The third kappa shape index (κ3) is 5.66. The minimum Gasteiger partial charge on any atom is -0.377 e. The van der Waals surface area contributed by atoms with E-state index in [2.05, 4.69) is 6.58 Å². The quantitative estimate of drug-likeness (QED) is 0.388. The number of ether oxygens (including phenoxy) is 1. The van der Waals surface area contributed by atoms with Crippen molar-refractivity contribution in [1.29, 1.82) is 0 Å². The van der Waals surface area contributed by atoms with Gasteiger partial charge in [-0.25, -0.2) is 5.11 Å². The fraction of sp³-hybridized carbons (Fsp3) is 0.667. The molecule has 0 saturated heterocycles. The zero-order valence-corrected chi connectivity index (χ0v) is 4.93. The maximum Gasteiger partial charge on any atom is 0.0844 e. The van der Waals surface area contributed by atoms with Crippen molar-refractivity contribution in [3.05, 3.63) is 12.7 Å². The van der Waals surface area contributed by atoms with Crippen LogP contribution in [0.1, 0.15) is 6.42 Å². The van der Waals surface area contributed by atoms with E-state index in [-0.39, 0.29) is 6.61 Å². The van der Waals surface area contributed by atoms with E-state index in [1.54, 1.807) is 6.08 Å². The van der Waals surface area contributed by atoms with E-state index < -0.39 is 0 Å². The maximum absolute atomic E-state index is 9.79. The van der Waals surface area contributed by atoms with Gasteiger partial charge in [0.05, 0.1) is 13.2 Å². The summed E-state index contributed by atoms with van der Waals surface area (Å²) in [5, 5.41) is 9.79. The third-order valence-electron chi connectivity index (χ3n) is 0.669. The first-order chi connectivity index (χ1) is 3.91. The summed E-state index contributed by atoms with van der Waals surface area (Å²) in [7, 11) is 0. The normalized spacial score (nSPS) is 9.12. The molecule has 0 bridgehead atoms. The van der Waals surface area contributed by atoms with Gasteiger partial charge >= 0.3 is 0 Å². The molecule has 1 radical (unpaired) electrons. The molecule has 0 rings (SSSR count). The van der Waals surface area contributed by atoms with Crippen LogP contribution >= 0.6 is 0 Å². The van der Waals surface area contributed by atoms with Crippen LogP contribution in [0.3, 0.4) is 0 Å². The van der Waals surface area contributed by atoms with E-state index in [1.165, 1.54) is 0 Å². The summed E-state index contributed by atoms with van der Waals surface area (Å²) >= 11 is 0. The second-order valence-electron chi connectivity index (χ2n) is 1.42. The standard InChI is InChI=1S/C6H11O2/c1-2-5-8-6-3-4-7/h2H,1,3-6H2. The molecule has 0 unspecified atom stereocenters. The Labute approximate surface area is 49.8 Å². The lowest BCUT2D eigenvalue weighted by atomic mass is 10.5. The number of hydrogen-bond donors (Lipinski definition) is 0. The average Bonchev–Trinajstić information content (AvgIpc) is 1.81. The summed E-state index contributed by atoms with van der Waals surface area (Å²) < 4.78 is 4.91. The average molecular weight is 115 g/mol. The molecule has 0 aromatic carbocycles. The third-order valence-corrected chi connectivity index (χ3v) is 0.669. The highest BCUT2D eigenvalue weighted by Crippen LogP contribution is 1.79. The van der Waals surface area contributed by atoms with Gasteiger partial charge in [0.2, 0.25) is 0 Å². The van der Waals surface area contributed by atoms with Gasteiger partial charge in [-0.05, 0) is 6.42 Å². The van der Waals surface area contributed by atoms with Crippen LogP contribution < -0.4 is 0 Å². The lowest BCUT2D eigenvalue weighted by Gasteiger charge is -1.94. The summed E-state index contributed by atoms with van der Waals surface area (Å²) in [4.78, 5) is 0. The van der Waals surface area contributed by atoms with Crippen molar-refractivity contribution < 1.29 is 9.84 Å². The van der Waals surface area contributed by atoms with Crippen molar-refractivity contribution in [2.75, 3.05) is 19.8 Å². The van der Waals surface area contributed by atoms with E-state index >= 15 is 0 Å². The zero-order chi connectivity index (χ0) is 6.24. The fourth-order valence-corrected chi connectivity index (χ4v) is 0.328. The lowest BCUT2D eigenvalue weighted by Crippen LogP contribution is -1.95. The topological polar surface area (TPSA) is 29.1 Å². The predicted octanol–water partition coefficient (Wildman–Crippen LogP) is 1.01. The minimum absolute atomic E-state index is 0.0445. The van der Waals surface area contributed by atoms with E-state index in [9.17, 15) is 5.11 Å². The maximum atomic E-state index is 9.79. The highest BCUT2D eigenvalue weighted by Gasteiger charge is 1.82. The van der Waals surface area contributed by atoms with Gasteiger partial charge in [0.1, 0.15) is 0 Å². The van der Waals surface area contributed by atoms with Crippen molar-refractivity contribution in [1.82, 2.24) is 0 Å². The molecule has 0 aromatic rings. The minimum atomic E-state index is -0.0445. The second-order valence-corrected chi connectivity index (χ2v) is 1.42. The molecule has 0 aromatic heterocycles. The van der Waals surface area contributed by atoms with Crippen LogP contribution in [0.25, 0.3) is 0 Å². The number of rotatable bonds is 5. The molecule has 0 amide bonds. The molecule has 0 saturated carbocycles. The Morgan fingerprint density at radius 2 is 2.38 bits per heavy atom. The Morgan fingerprint density at radius 3 is 2.88 bits per heavy atom. The van der Waals surface area contributed by atoms with Crippen LogP contribution in [0.5, 0.6) is 0 Å². The molecule has 47 valence electrons. The van der Waals surface area contributed by atoms with Crippen molar-refractivity contribution in [2.45, 2.75) is 6.42 Å². The molecule has 0 N–H and O–H groups in total. The molecule has 0 fully saturated rings. The largest absolute Gasteiger partial charge is 0.377 e. The van der Waals surface area contributed by atoms with Crippen molar-refractivity contribution in [2.24, 2.45) is 0 Å². The van der Waals surface area contributed by atoms with Crippen molar-refractivity contribution in [3.63, 3.8) is 0 Å². The Balaban J connectivity index is 2.62. The van der Waals surface area contributed by atoms with E-state index in [4.69, 9.17) is 4.74 Å². The first kappa shape index (κ1) is 7.66. The molecule has 2 heteroatoms. The SMILES string of the molecule is C=CCOCCC[O]. The van der Waals surface area contributed by atoms with Gasteiger partial charge in [-0.1, -0.05) is 6.08 Å². The molecule has 0 spiro atoms. The highest BCUT2D eigenvalue weighted by atomic mass is 16.5. The summed E-state index contributed by atoms with van der Waals surface area (Å²) in [6, 6.07) is 0. The van der Waals surface area contributed by atoms with Crippen molar-refractivity contribution >= 4 is 0 Å². The molecule has 0 aliphatic rings. The van der Waals surface area contributed by atoms with Crippen LogP contribution in [0.2, 0.25) is 0 Å². The molecule has 0 atom stereocenters. The predicted molar refractivity (Wildman–Crippen MR) is 31.2 cm³/mol. The molecule has 0 aliphatic carbocycles. The monoisotopic (exact) mass is 115 g/mol. The summed E-state index contributed by atoms with van der Waals surface area (Å²) in [5.74, 6) is 0. The van der Waals surface area contributed by atoms with E-state index in [0.29, 0.717) is 19.6 Å². The Hall–Kier alpha value is -0.340. The van der Waals surface area contributed by atoms with Crippen LogP contribution in [0.15, 0.2) is 12.7 Å². The smallest absolute Gasteiger partial charge is 0.0844 e. The molecular weight excluding hydrogens is 104 g/mol. The molecule has 0 heterocycles. The van der Waals surface area contributed by atoms with Gasteiger partial charge in [0, 0.05) is 6.61 Å². The number of hydrogen-bond acceptors (Lipinski definition) is 1. The first-order valence-electron chi connectivity index (χ1n) is 2.68. The van der Waals surface area contributed by atoms with Gasteiger partial charge < -0.3 is 4.74 Å². The fourth-order valence-electron chi connectivity index (χ4n) is 0.328. The first-order valence-corrected chi connectivity index (χ1v) is 2.68. The van der Waals surface area contributed by atoms with Crippen LogP contribution in [-0.2, 0) is 9.84 Å². The van der Waals surface area contributed by atoms with Crippen LogP contribution in [0, 0.1) is 0 Å². The Kier molecular flexibility index (Phi) is 6.38. The highest BCUT2D eigenvalue weighted by molar-refractivity contribution is 4.63. The van der Waals surface area contributed by atoms with Gasteiger partial charge in [0.25, 0.3) is 0 Å². The second kappa shape index (κ2) is 6.66. The zero-order valence-electron chi connectivity index (χ0n) is 4.93. The van der Waals surface area contributed by atoms with Crippen LogP contribution in [-0.4, -0.2) is 19.8 Å². The van der Waals surface area contributed by atoms with Gasteiger partial charge in [0.15, 0.2) is 0 Å². The molecule has 0 aliphatic heterocycles. The summed E-state index contributed by atoms with van der Waals surface area (Å²) in [6.07, 6.45) is 2.28. The lowest BCUT2D eigenvalue weighted by molar-refractivity contribution is 0.115. The van der Waals surface area contributed by atoms with Crippen LogP contribution in [0.4, 0.5) is 0 Å². The summed E-state index contributed by atoms with van der Waals surface area (Å²) in [5.41, 5.74) is 0. The molecule has 8 heavy (non-hydrogen) atoms. The van der Waals surface area contributed by atoms with E-state index in [0.717, 1.165) is 0 Å². The van der Waals surface area contributed by atoms with Gasteiger partial charge in [-0.3, -0.25) is 0 Å². The Bertz CT molecular complexity index is 52.5. The van der Waals surface area contributed by atoms with Gasteiger partial charge in [-0.15, -0.1) is 6.58 Å².